The standard InChI is InChI=1S/C19H23N3O2.HI/c20-19(21-11-9-14-5-7-15(13-23)8-6-14)22-17-10-12-24-18-4-2-1-3-16(17)18;/h1-8,17,23H,9-13H2,(H3,20,21,22);1H. The molecule has 5 nitrogen and oxygen atoms in total. The van der Waals surface area contributed by atoms with E-state index in [0.717, 1.165) is 29.7 Å². The van der Waals surface area contributed by atoms with Crippen LogP contribution in [0.3, 0.4) is 0 Å². The number of hydrogen-bond acceptors (Lipinski definition) is 3. The molecular formula is C19H24IN3O2. The number of nitrogens with two attached hydrogens (primary N) is 1. The predicted octanol–water partition coefficient (Wildman–Crippen LogP) is 2.77. The summed E-state index contributed by atoms with van der Waals surface area (Å²) in [4.78, 5) is 4.42. The Morgan fingerprint density at radius 1 is 1.16 bits per heavy atom. The summed E-state index contributed by atoms with van der Waals surface area (Å²) in [5.41, 5.74) is 9.26. The Kier molecular flexibility index (Phi) is 7.52. The fourth-order valence-corrected chi connectivity index (χ4v) is 2.83. The van der Waals surface area contributed by atoms with Gasteiger partial charge in [0.05, 0.1) is 19.3 Å². The number of aliphatic hydroxyl groups is 1. The summed E-state index contributed by atoms with van der Waals surface area (Å²) in [6.45, 7) is 1.38. The van der Waals surface area contributed by atoms with Crippen molar-refractivity contribution in [2.45, 2.75) is 25.5 Å². The third-order valence-electron chi connectivity index (χ3n) is 4.17. The second-order valence-corrected chi connectivity index (χ2v) is 5.86. The molecule has 0 aliphatic carbocycles. The van der Waals surface area contributed by atoms with Crippen LogP contribution in [-0.2, 0) is 13.0 Å². The van der Waals surface area contributed by atoms with E-state index in [1.807, 2.05) is 42.5 Å². The molecule has 1 aliphatic rings. The highest BCUT2D eigenvalue weighted by Gasteiger charge is 2.21. The summed E-state index contributed by atoms with van der Waals surface area (Å²) in [7, 11) is 0. The number of aliphatic hydroxyl groups excluding tert-OH is 1. The van der Waals surface area contributed by atoms with Crippen LogP contribution >= 0.6 is 24.0 Å². The van der Waals surface area contributed by atoms with E-state index < -0.39 is 0 Å². The number of nitrogens with zero attached hydrogens (tertiary/aromatic N) is 1. The number of aliphatic imine (C=N–C) groups is 1. The molecule has 0 aromatic heterocycles. The van der Waals surface area contributed by atoms with Crippen LogP contribution in [0.25, 0.3) is 0 Å². The van der Waals surface area contributed by atoms with Crippen LogP contribution in [0.5, 0.6) is 5.75 Å². The van der Waals surface area contributed by atoms with Gasteiger partial charge in [0, 0.05) is 18.5 Å². The van der Waals surface area contributed by atoms with Gasteiger partial charge >= 0.3 is 0 Å². The zero-order valence-electron chi connectivity index (χ0n) is 14.0. The lowest BCUT2D eigenvalue weighted by Gasteiger charge is -2.26. The van der Waals surface area contributed by atoms with E-state index in [-0.39, 0.29) is 36.6 Å². The fraction of sp³-hybridized carbons (Fsp3) is 0.316. The van der Waals surface area contributed by atoms with Gasteiger partial charge in [0.1, 0.15) is 5.75 Å². The third kappa shape index (κ3) is 5.34. The van der Waals surface area contributed by atoms with Crippen molar-refractivity contribution in [1.82, 2.24) is 5.32 Å². The number of fused-ring (bicyclic) bond motifs is 1. The molecule has 4 N–H and O–H groups in total. The van der Waals surface area contributed by atoms with E-state index >= 15 is 0 Å². The summed E-state index contributed by atoms with van der Waals surface area (Å²) >= 11 is 0. The van der Waals surface area contributed by atoms with Crippen LogP contribution in [0.2, 0.25) is 0 Å². The maximum atomic E-state index is 9.05. The number of para-hydroxylation sites is 1. The third-order valence-corrected chi connectivity index (χ3v) is 4.17. The van der Waals surface area contributed by atoms with Gasteiger partial charge < -0.3 is 20.9 Å². The van der Waals surface area contributed by atoms with Crippen molar-refractivity contribution >= 4 is 29.9 Å². The first-order valence-electron chi connectivity index (χ1n) is 8.23. The first-order valence-corrected chi connectivity index (χ1v) is 8.23. The molecule has 0 bridgehead atoms. The lowest BCUT2D eigenvalue weighted by atomic mass is 10.0. The minimum atomic E-state index is 0. The SMILES string of the molecule is I.NC(=NCCc1ccc(CO)cc1)NC1CCOc2ccccc21. The van der Waals surface area contributed by atoms with Crippen LogP contribution in [0, 0.1) is 0 Å². The van der Waals surface area contributed by atoms with Crippen LogP contribution in [0.1, 0.15) is 29.2 Å². The second-order valence-electron chi connectivity index (χ2n) is 5.86. The molecule has 2 aromatic carbocycles. The molecule has 0 radical (unpaired) electrons. The van der Waals surface area contributed by atoms with E-state index in [0.29, 0.717) is 19.1 Å². The zero-order valence-corrected chi connectivity index (χ0v) is 16.4. The minimum Gasteiger partial charge on any atom is -0.493 e. The largest absolute Gasteiger partial charge is 0.493 e. The van der Waals surface area contributed by atoms with Gasteiger partial charge in [0.15, 0.2) is 5.96 Å². The molecule has 1 atom stereocenters. The number of benzene rings is 2. The van der Waals surface area contributed by atoms with Crippen molar-refractivity contribution in [3.63, 3.8) is 0 Å². The Balaban J connectivity index is 0.00000225. The molecule has 25 heavy (non-hydrogen) atoms. The maximum absolute atomic E-state index is 9.05. The van der Waals surface area contributed by atoms with Crippen molar-refractivity contribution in [3.05, 3.63) is 65.2 Å². The topological polar surface area (TPSA) is 79.9 Å². The second kappa shape index (κ2) is 9.62. The van der Waals surface area contributed by atoms with Crippen molar-refractivity contribution < 1.29 is 9.84 Å². The number of guanidine groups is 1. The van der Waals surface area contributed by atoms with Gasteiger partial charge in [0.25, 0.3) is 0 Å². The molecule has 0 spiro atoms. The Morgan fingerprint density at radius 2 is 1.88 bits per heavy atom. The molecule has 3 rings (SSSR count). The van der Waals surface area contributed by atoms with Gasteiger partial charge in [-0.25, -0.2) is 0 Å². The Labute approximate surface area is 165 Å². The van der Waals surface area contributed by atoms with Gasteiger partial charge in [-0.15, -0.1) is 24.0 Å². The molecular weight excluding hydrogens is 429 g/mol. The first kappa shape index (κ1) is 19.5. The normalized spacial score (nSPS) is 16.4. The van der Waals surface area contributed by atoms with Crippen LogP contribution in [0.15, 0.2) is 53.5 Å². The fourth-order valence-electron chi connectivity index (χ4n) is 2.83. The molecule has 1 heterocycles. The Hall–Kier alpha value is -1.80. The minimum absolute atomic E-state index is 0. The molecule has 0 amide bonds. The number of ether oxygens (including phenoxy) is 1. The monoisotopic (exact) mass is 453 g/mol. The summed E-state index contributed by atoms with van der Waals surface area (Å²) in [5.74, 6) is 1.38. The van der Waals surface area contributed by atoms with E-state index in [1.54, 1.807) is 0 Å². The first-order chi connectivity index (χ1) is 11.8. The highest BCUT2D eigenvalue weighted by atomic mass is 127. The number of nitrogens with one attached hydrogen (secondary N) is 1. The van der Waals surface area contributed by atoms with E-state index in [4.69, 9.17) is 15.6 Å². The van der Waals surface area contributed by atoms with Gasteiger partial charge in [-0.1, -0.05) is 42.5 Å². The molecule has 1 aliphatic heterocycles. The van der Waals surface area contributed by atoms with Gasteiger partial charge in [-0.2, -0.15) is 0 Å². The van der Waals surface area contributed by atoms with E-state index in [9.17, 15) is 0 Å². The molecule has 134 valence electrons. The number of rotatable bonds is 5. The van der Waals surface area contributed by atoms with Crippen molar-refractivity contribution in [1.29, 1.82) is 0 Å². The van der Waals surface area contributed by atoms with E-state index in [2.05, 4.69) is 16.4 Å². The van der Waals surface area contributed by atoms with Crippen molar-refractivity contribution in [2.24, 2.45) is 10.7 Å². The number of hydrogen-bond donors (Lipinski definition) is 3. The van der Waals surface area contributed by atoms with Crippen LogP contribution < -0.4 is 15.8 Å². The highest BCUT2D eigenvalue weighted by Crippen LogP contribution is 2.31. The van der Waals surface area contributed by atoms with Crippen molar-refractivity contribution in [3.8, 4) is 5.75 Å². The summed E-state index contributed by atoms with van der Waals surface area (Å²) in [6.07, 6.45) is 1.69. The smallest absolute Gasteiger partial charge is 0.189 e. The van der Waals surface area contributed by atoms with Crippen LogP contribution in [0.4, 0.5) is 0 Å². The molecule has 6 heteroatoms. The lowest BCUT2D eigenvalue weighted by molar-refractivity contribution is 0.262. The number of halogens is 1. The molecule has 0 fully saturated rings. The highest BCUT2D eigenvalue weighted by molar-refractivity contribution is 14.0. The summed E-state index contributed by atoms with van der Waals surface area (Å²) in [6, 6.07) is 16.0. The summed E-state index contributed by atoms with van der Waals surface area (Å²) in [5, 5.41) is 12.3. The molecule has 0 saturated heterocycles. The average Bonchev–Trinajstić information content (AvgIpc) is 2.63. The van der Waals surface area contributed by atoms with Gasteiger partial charge in [0.2, 0.25) is 0 Å². The predicted molar refractivity (Wildman–Crippen MR) is 110 cm³/mol. The average molecular weight is 453 g/mol. The molecule has 1 unspecified atom stereocenters. The van der Waals surface area contributed by atoms with Crippen LogP contribution in [-0.4, -0.2) is 24.2 Å². The maximum Gasteiger partial charge on any atom is 0.189 e. The van der Waals surface area contributed by atoms with Gasteiger partial charge in [-0.3, -0.25) is 4.99 Å². The molecule has 2 aromatic rings. The lowest BCUT2D eigenvalue weighted by Crippen LogP contribution is -2.37. The Bertz CT molecular complexity index is 704. The molecule has 0 saturated carbocycles. The zero-order chi connectivity index (χ0) is 16.8. The van der Waals surface area contributed by atoms with Gasteiger partial charge in [-0.05, 0) is 23.6 Å². The quantitative estimate of drug-likeness (QED) is 0.370. The van der Waals surface area contributed by atoms with E-state index in [1.165, 1.54) is 5.56 Å². The van der Waals surface area contributed by atoms with Crippen molar-refractivity contribution in [2.75, 3.05) is 13.2 Å². The Morgan fingerprint density at radius 3 is 2.64 bits per heavy atom. The summed E-state index contributed by atoms with van der Waals surface area (Å²) < 4.78 is 5.65.